The van der Waals surface area contributed by atoms with Gasteiger partial charge in [-0.25, -0.2) is 9.48 Å². The van der Waals surface area contributed by atoms with Crippen molar-refractivity contribution >= 4 is 40.8 Å². The number of rotatable bonds is 5. The summed E-state index contributed by atoms with van der Waals surface area (Å²) >= 11 is 5.86. The third-order valence-electron chi connectivity index (χ3n) is 4.18. The van der Waals surface area contributed by atoms with Gasteiger partial charge in [-0.2, -0.15) is 5.10 Å². The number of nitrogens with zero attached hydrogens (tertiary/aromatic N) is 2. The van der Waals surface area contributed by atoms with E-state index in [1.807, 2.05) is 27.7 Å². The van der Waals surface area contributed by atoms with E-state index in [4.69, 9.17) is 16.3 Å². The second-order valence-electron chi connectivity index (χ2n) is 6.45. The smallest absolute Gasteiger partial charge is 0.358 e. The van der Waals surface area contributed by atoms with Gasteiger partial charge in [0.15, 0.2) is 5.69 Å². The predicted octanol–water partition coefficient (Wildman–Crippen LogP) is 5.88. The highest BCUT2D eigenvalue weighted by molar-refractivity contribution is 6.30. The zero-order valence-electron chi connectivity index (χ0n) is 20.5. The summed E-state index contributed by atoms with van der Waals surface area (Å²) in [7, 11) is 1.27. The molecule has 34 heavy (non-hydrogen) atoms. The molecule has 2 amide bonds. The minimum atomic E-state index is -0.572. The van der Waals surface area contributed by atoms with E-state index in [9.17, 15) is 14.4 Å². The molecule has 8 nitrogen and oxygen atoms in total. The lowest BCUT2D eigenvalue weighted by Gasteiger charge is -2.14. The summed E-state index contributed by atoms with van der Waals surface area (Å²) in [6.45, 7) is 11.1. The summed E-state index contributed by atoms with van der Waals surface area (Å²) in [5.41, 5.74) is 2.57. The number of nitrogens with one attached hydrogen (secondary N) is 2. The lowest BCUT2D eigenvalue weighted by atomic mass is 10.1. The van der Waals surface area contributed by atoms with Crippen LogP contribution in [-0.4, -0.2) is 34.7 Å². The van der Waals surface area contributed by atoms with Gasteiger partial charge >= 0.3 is 5.97 Å². The van der Waals surface area contributed by atoms with Gasteiger partial charge in [0, 0.05) is 28.9 Å². The van der Waals surface area contributed by atoms with Gasteiger partial charge in [-0.3, -0.25) is 9.59 Å². The molecule has 0 bridgehead atoms. The van der Waals surface area contributed by atoms with Crippen LogP contribution in [0.2, 0.25) is 5.02 Å². The number of methoxy groups -OCH3 is 1. The van der Waals surface area contributed by atoms with Gasteiger partial charge in [0.25, 0.3) is 5.91 Å². The lowest BCUT2D eigenvalue weighted by Crippen LogP contribution is -2.15. The van der Waals surface area contributed by atoms with Crippen molar-refractivity contribution in [1.82, 2.24) is 9.78 Å². The third kappa shape index (κ3) is 7.45. The topological polar surface area (TPSA) is 102 Å². The van der Waals surface area contributed by atoms with Crippen molar-refractivity contribution in [2.45, 2.75) is 41.5 Å². The molecule has 0 unspecified atom stereocenters. The van der Waals surface area contributed by atoms with Gasteiger partial charge in [0.05, 0.1) is 18.5 Å². The van der Waals surface area contributed by atoms with Crippen LogP contribution in [0.25, 0.3) is 5.69 Å². The molecule has 0 saturated heterocycles. The normalized spacial score (nSPS) is 9.53. The van der Waals surface area contributed by atoms with Crippen LogP contribution in [0.3, 0.4) is 0 Å². The van der Waals surface area contributed by atoms with Gasteiger partial charge in [0.1, 0.15) is 0 Å². The molecule has 3 aromatic rings. The molecule has 0 aliphatic heterocycles. The molecular weight excluding hydrogens is 456 g/mol. The maximum Gasteiger partial charge on any atom is 0.358 e. The number of carbonyl (C=O) groups excluding carboxylic acids is 3. The van der Waals surface area contributed by atoms with Crippen LogP contribution >= 0.6 is 11.6 Å². The Labute approximate surface area is 205 Å². The van der Waals surface area contributed by atoms with Gasteiger partial charge in [-0.05, 0) is 55.5 Å². The van der Waals surface area contributed by atoms with Gasteiger partial charge in [0.2, 0.25) is 5.91 Å². The standard InChI is InChI=1S/C21H19ClN4O4.2C2H6/c1-12-10-18(21(29)30-3)25-26(12)19-9-4-14(11-17(19)23-13(2)27)20(28)24-16-7-5-15(22)6-8-16;2*1-2/h4-11H,1-3H3,(H,23,27)(H,24,28);2*1-2H3. The van der Waals surface area contributed by atoms with Gasteiger partial charge in [-0.15, -0.1) is 0 Å². The highest BCUT2D eigenvalue weighted by atomic mass is 35.5. The first-order chi connectivity index (χ1) is 16.3. The Hall–Kier alpha value is -3.65. The van der Waals surface area contributed by atoms with Gasteiger partial charge in [-0.1, -0.05) is 39.3 Å². The van der Waals surface area contributed by atoms with E-state index in [0.717, 1.165) is 0 Å². The van der Waals surface area contributed by atoms with Crippen LogP contribution in [-0.2, 0) is 9.53 Å². The Morgan fingerprint density at radius 3 is 2.12 bits per heavy atom. The molecule has 1 heterocycles. The first kappa shape index (κ1) is 28.4. The predicted molar refractivity (Wildman–Crippen MR) is 136 cm³/mol. The van der Waals surface area contributed by atoms with Gasteiger partial charge < -0.3 is 15.4 Å². The van der Waals surface area contributed by atoms with E-state index in [2.05, 4.69) is 15.7 Å². The number of aromatic nitrogens is 2. The molecule has 2 aromatic carbocycles. The number of aryl methyl sites for hydroxylation is 1. The fourth-order valence-corrected chi connectivity index (χ4v) is 2.94. The minimum absolute atomic E-state index is 0.133. The van der Waals surface area contributed by atoms with Crippen molar-refractivity contribution in [2.24, 2.45) is 0 Å². The summed E-state index contributed by atoms with van der Waals surface area (Å²) in [6, 6.07) is 13.1. The highest BCUT2D eigenvalue weighted by Crippen LogP contribution is 2.25. The molecule has 0 aliphatic carbocycles. The van der Waals surface area contributed by atoms with E-state index < -0.39 is 5.97 Å². The van der Waals surface area contributed by atoms with E-state index in [1.165, 1.54) is 18.7 Å². The Kier molecular flexibility index (Phi) is 11.5. The van der Waals surface area contributed by atoms with Crippen LogP contribution in [0.1, 0.15) is 61.2 Å². The number of anilines is 2. The Morgan fingerprint density at radius 1 is 0.941 bits per heavy atom. The largest absolute Gasteiger partial charge is 0.464 e. The number of amides is 2. The molecule has 0 spiro atoms. The van der Waals surface area contributed by atoms with Crippen molar-refractivity contribution in [3.05, 3.63) is 70.5 Å². The Bertz CT molecular complexity index is 1120. The van der Waals surface area contributed by atoms with Crippen molar-refractivity contribution in [1.29, 1.82) is 0 Å². The molecule has 0 saturated carbocycles. The van der Waals surface area contributed by atoms with Crippen LogP contribution in [0.4, 0.5) is 11.4 Å². The third-order valence-corrected chi connectivity index (χ3v) is 4.43. The second kappa shape index (κ2) is 13.8. The number of esters is 1. The Balaban J connectivity index is 0.00000137. The zero-order valence-corrected chi connectivity index (χ0v) is 21.3. The summed E-state index contributed by atoms with van der Waals surface area (Å²) in [5, 5.41) is 10.3. The average Bonchev–Trinajstić information content (AvgIpc) is 3.23. The molecule has 9 heteroatoms. The highest BCUT2D eigenvalue weighted by Gasteiger charge is 2.18. The quantitative estimate of drug-likeness (QED) is 0.438. The van der Waals surface area contributed by atoms with Crippen molar-refractivity contribution in [3.8, 4) is 5.69 Å². The maximum absolute atomic E-state index is 12.6. The molecular formula is C25H31ClN4O4. The number of hydrogen-bond donors (Lipinski definition) is 2. The summed E-state index contributed by atoms with van der Waals surface area (Å²) < 4.78 is 6.20. The van der Waals surface area contributed by atoms with E-state index in [1.54, 1.807) is 55.5 Å². The number of carbonyl (C=O) groups is 3. The molecule has 0 fully saturated rings. The summed E-state index contributed by atoms with van der Waals surface area (Å²) in [4.78, 5) is 36.1. The van der Waals surface area contributed by atoms with Crippen LogP contribution in [0.5, 0.6) is 0 Å². The molecule has 0 radical (unpaired) electrons. The molecule has 1 aromatic heterocycles. The monoisotopic (exact) mass is 486 g/mol. The fourth-order valence-electron chi connectivity index (χ4n) is 2.81. The second-order valence-corrected chi connectivity index (χ2v) is 6.88. The molecule has 2 N–H and O–H groups in total. The van der Waals surface area contributed by atoms with E-state index >= 15 is 0 Å². The van der Waals surface area contributed by atoms with E-state index in [-0.39, 0.29) is 17.5 Å². The molecule has 182 valence electrons. The van der Waals surface area contributed by atoms with Crippen LogP contribution in [0.15, 0.2) is 48.5 Å². The summed E-state index contributed by atoms with van der Waals surface area (Å²) in [6.07, 6.45) is 0. The number of halogens is 1. The first-order valence-electron chi connectivity index (χ1n) is 10.9. The maximum atomic E-state index is 12.6. The van der Waals surface area contributed by atoms with Crippen molar-refractivity contribution in [2.75, 3.05) is 17.7 Å². The average molecular weight is 487 g/mol. The zero-order chi connectivity index (χ0) is 25.8. The number of benzene rings is 2. The van der Waals surface area contributed by atoms with Crippen LogP contribution < -0.4 is 10.6 Å². The number of hydrogen-bond acceptors (Lipinski definition) is 5. The van der Waals surface area contributed by atoms with E-state index in [0.29, 0.717) is 33.3 Å². The fraction of sp³-hybridized carbons (Fsp3) is 0.280. The minimum Gasteiger partial charge on any atom is -0.464 e. The SMILES string of the molecule is CC.CC.COC(=O)c1cc(C)n(-c2ccc(C(=O)Nc3ccc(Cl)cc3)cc2NC(C)=O)n1. The first-order valence-corrected chi connectivity index (χ1v) is 11.3. The molecule has 3 rings (SSSR count). The van der Waals surface area contributed by atoms with Crippen molar-refractivity contribution in [3.63, 3.8) is 0 Å². The van der Waals surface area contributed by atoms with Crippen LogP contribution in [0, 0.1) is 6.92 Å². The molecule has 0 atom stereocenters. The Morgan fingerprint density at radius 2 is 1.56 bits per heavy atom. The summed E-state index contributed by atoms with van der Waals surface area (Å²) in [5.74, 6) is -1.25. The lowest BCUT2D eigenvalue weighted by molar-refractivity contribution is -0.114. The molecule has 0 aliphatic rings. The number of ether oxygens (including phenoxy) is 1. The van der Waals surface area contributed by atoms with Crippen molar-refractivity contribution < 1.29 is 19.1 Å².